The van der Waals surface area contributed by atoms with E-state index in [1.807, 2.05) is 6.07 Å². The molecular weight excluding hydrogens is 272 g/mol. The van der Waals surface area contributed by atoms with Crippen LogP contribution in [0.1, 0.15) is 18.9 Å². The van der Waals surface area contributed by atoms with Crippen LogP contribution in [0, 0.1) is 6.92 Å². The quantitative estimate of drug-likeness (QED) is 0.762. The van der Waals surface area contributed by atoms with E-state index in [0.717, 1.165) is 35.2 Å². The molecule has 22 heavy (non-hydrogen) atoms. The molecule has 0 fully saturated rings. The van der Waals surface area contributed by atoms with Crippen molar-refractivity contribution in [2.24, 2.45) is 0 Å². The van der Waals surface area contributed by atoms with Crippen LogP contribution in [-0.4, -0.2) is 16.5 Å². The lowest BCUT2D eigenvalue weighted by molar-refractivity contribution is 0.971. The Morgan fingerprint density at radius 3 is 2.68 bits per heavy atom. The maximum Gasteiger partial charge on any atom is 0.222 e. The summed E-state index contributed by atoms with van der Waals surface area (Å²) in [6.07, 6.45) is 1.03. The molecule has 0 atom stereocenters. The van der Waals surface area contributed by atoms with Crippen molar-refractivity contribution >= 4 is 22.7 Å². The highest BCUT2D eigenvalue weighted by Crippen LogP contribution is 2.29. The van der Waals surface area contributed by atoms with Crippen molar-refractivity contribution in [1.29, 1.82) is 0 Å². The molecule has 4 heteroatoms. The molecule has 3 rings (SSSR count). The number of anilines is 2. The van der Waals surface area contributed by atoms with Crippen LogP contribution in [-0.2, 0) is 0 Å². The van der Waals surface area contributed by atoms with Crippen molar-refractivity contribution in [2.45, 2.75) is 20.3 Å². The second kappa shape index (κ2) is 6.02. The van der Waals surface area contributed by atoms with E-state index in [0.29, 0.717) is 5.95 Å². The summed E-state index contributed by atoms with van der Waals surface area (Å²) in [5.41, 5.74) is 10.3. The molecule has 0 saturated heterocycles. The molecule has 4 nitrogen and oxygen atoms in total. The summed E-state index contributed by atoms with van der Waals surface area (Å²) in [6.45, 7) is 5.10. The molecule has 0 spiro atoms. The van der Waals surface area contributed by atoms with Gasteiger partial charge in [-0.1, -0.05) is 37.3 Å². The Morgan fingerprint density at radius 2 is 1.91 bits per heavy atom. The molecule has 0 unspecified atom stereocenters. The maximum atomic E-state index is 5.85. The Labute approximate surface area is 130 Å². The SMILES string of the molecule is CCCNc1nc(N)nc2cc(-c3ccccc3C)ccc12. The summed E-state index contributed by atoms with van der Waals surface area (Å²) < 4.78 is 0. The summed E-state index contributed by atoms with van der Waals surface area (Å²) in [6, 6.07) is 14.6. The summed E-state index contributed by atoms with van der Waals surface area (Å²) in [5, 5.41) is 4.32. The monoisotopic (exact) mass is 292 g/mol. The van der Waals surface area contributed by atoms with Crippen LogP contribution in [0.5, 0.6) is 0 Å². The van der Waals surface area contributed by atoms with Gasteiger partial charge in [0.05, 0.1) is 5.52 Å². The van der Waals surface area contributed by atoms with Crippen LogP contribution >= 0.6 is 0 Å². The van der Waals surface area contributed by atoms with Crippen molar-refractivity contribution in [1.82, 2.24) is 9.97 Å². The predicted octanol–water partition coefficient (Wildman–Crippen LogP) is 4.01. The van der Waals surface area contributed by atoms with Gasteiger partial charge in [-0.05, 0) is 42.2 Å². The largest absolute Gasteiger partial charge is 0.369 e. The van der Waals surface area contributed by atoms with E-state index in [4.69, 9.17) is 5.73 Å². The maximum absolute atomic E-state index is 5.85. The average molecular weight is 292 g/mol. The van der Waals surface area contributed by atoms with Gasteiger partial charge in [-0.2, -0.15) is 4.98 Å². The number of hydrogen-bond acceptors (Lipinski definition) is 4. The Morgan fingerprint density at radius 1 is 1.09 bits per heavy atom. The van der Waals surface area contributed by atoms with Gasteiger partial charge in [0.25, 0.3) is 0 Å². The topological polar surface area (TPSA) is 63.8 Å². The third-order valence-electron chi connectivity index (χ3n) is 3.71. The first-order valence-corrected chi connectivity index (χ1v) is 7.56. The van der Waals surface area contributed by atoms with Gasteiger partial charge >= 0.3 is 0 Å². The lowest BCUT2D eigenvalue weighted by atomic mass is 9.99. The van der Waals surface area contributed by atoms with Crippen molar-refractivity contribution in [3.8, 4) is 11.1 Å². The van der Waals surface area contributed by atoms with E-state index in [1.54, 1.807) is 0 Å². The zero-order chi connectivity index (χ0) is 15.5. The number of aryl methyl sites for hydroxylation is 1. The minimum absolute atomic E-state index is 0.299. The van der Waals surface area contributed by atoms with E-state index >= 15 is 0 Å². The molecular formula is C18H20N4. The van der Waals surface area contributed by atoms with E-state index < -0.39 is 0 Å². The third-order valence-corrected chi connectivity index (χ3v) is 3.71. The summed E-state index contributed by atoms with van der Waals surface area (Å²) in [5.74, 6) is 1.11. The van der Waals surface area contributed by atoms with Gasteiger partial charge in [-0.3, -0.25) is 0 Å². The van der Waals surface area contributed by atoms with Crippen LogP contribution in [0.4, 0.5) is 11.8 Å². The zero-order valence-electron chi connectivity index (χ0n) is 12.9. The van der Waals surface area contributed by atoms with Gasteiger partial charge in [0, 0.05) is 11.9 Å². The van der Waals surface area contributed by atoms with Crippen LogP contribution < -0.4 is 11.1 Å². The van der Waals surface area contributed by atoms with Crippen LogP contribution in [0.3, 0.4) is 0 Å². The molecule has 0 aliphatic rings. The minimum atomic E-state index is 0.299. The molecule has 0 bridgehead atoms. The normalized spacial score (nSPS) is 10.8. The number of fused-ring (bicyclic) bond motifs is 1. The number of nitrogens with zero attached hydrogens (tertiary/aromatic N) is 2. The second-order valence-electron chi connectivity index (χ2n) is 5.40. The Hall–Kier alpha value is -2.62. The van der Waals surface area contributed by atoms with E-state index in [2.05, 4.69) is 65.5 Å². The molecule has 0 aliphatic carbocycles. The fourth-order valence-electron chi connectivity index (χ4n) is 2.59. The molecule has 3 aromatic rings. The summed E-state index contributed by atoms with van der Waals surface area (Å²) in [7, 11) is 0. The number of nitrogens with one attached hydrogen (secondary N) is 1. The summed E-state index contributed by atoms with van der Waals surface area (Å²) >= 11 is 0. The molecule has 0 aliphatic heterocycles. The standard InChI is InChI=1S/C18H20N4/c1-3-10-20-17-15-9-8-13(11-16(15)21-18(19)22-17)14-7-5-4-6-12(14)2/h4-9,11H,3,10H2,1-2H3,(H3,19,20,21,22). The van der Waals surface area contributed by atoms with Gasteiger partial charge < -0.3 is 11.1 Å². The van der Waals surface area contributed by atoms with E-state index in [1.165, 1.54) is 11.1 Å². The van der Waals surface area contributed by atoms with Crippen LogP contribution in [0.15, 0.2) is 42.5 Å². The number of nitrogens with two attached hydrogens (primary N) is 1. The van der Waals surface area contributed by atoms with Gasteiger partial charge in [0.15, 0.2) is 0 Å². The lowest BCUT2D eigenvalue weighted by Crippen LogP contribution is -2.06. The highest BCUT2D eigenvalue weighted by atomic mass is 15.1. The number of hydrogen-bond donors (Lipinski definition) is 2. The van der Waals surface area contributed by atoms with Crippen LogP contribution in [0.25, 0.3) is 22.0 Å². The first kappa shape index (κ1) is 14.3. The second-order valence-corrected chi connectivity index (χ2v) is 5.40. The smallest absolute Gasteiger partial charge is 0.222 e. The zero-order valence-corrected chi connectivity index (χ0v) is 12.9. The van der Waals surface area contributed by atoms with Crippen molar-refractivity contribution in [3.05, 3.63) is 48.0 Å². The van der Waals surface area contributed by atoms with E-state index in [-0.39, 0.29) is 0 Å². The third kappa shape index (κ3) is 2.72. The first-order valence-electron chi connectivity index (χ1n) is 7.56. The van der Waals surface area contributed by atoms with Crippen molar-refractivity contribution in [2.75, 3.05) is 17.6 Å². The predicted molar refractivity (Wildman–Crippen MR) is 92.9 cm³/mol. The van der Waals surface area contributed by atoms with Gasteiger partial charge in [0.2, 0.25) is 5.95 Å². The van der Waals surface area contributed by atoms with Crippen LogP contribution in [0.2, 0.25) is 0 Å². The Bertz CT molecular complexity index is 811. The molecule has 0 saturated carbocycles. The highest BCUT2D eigenvalue weighted by molar-refractivity contribution is 5.93. The fraction of sp³-hybridized carbons (Fsp3) is 0.222. The molecule has 1 heterocycles. The first-order chi connectivity index (χ1) is 10.7. The summed E-state index contributed by atoms with van der Waals surface area (Å²) in [4.78, 5) is 8.70. The molecule has 0 amide bonds. The molecule has 0 radical (unpaired) electrons. The minimum Gasteiger partial charge on any atom is -0.369 e. The molecule has 112 valence electrons. The number of nitrogen functional groups attached to an aromatic ring is 1. The lowest BCUT2D eigenvalue weighted by Gasteiger charge is -2.11. The van der Waals surface area contributed by atoms with Gasteiger partial charge in [-0.25, -0.2) is 4.98 Å². The number of rotatable bonds is 4. The molecule has 3 N–H and O–H groups in total. The fourth-order valence-corrected chi connectivity index (χ4v) is 2.59. The van der Waals surface area contributed by atoms with Crippen molar-refractivity contribution < 1.29 is 0 Å². The number of benzene rings is 2. The average Bonchev–Trinajstić information content (AvgIpc) is 2.52. The Balaban J connectivity index is 2.12. The molecule has 1 aromatic heterocycles. The molecule has 2 aromatic carbocycles. The van der Waals surface area contributed by atoms with Crippen molar-refractivity contribution in [3.63, 3.8) is 0 Å². The van der Waals surface area contributed by atoms with Gasteiger partial charge in [-0.15, -0.1) is 0 Å². The highest BCUT2D eigenvalue weighted by Gasteiger charge is 2.08. The van der Waals surface area contributed by atoms with E-state index in [9.17, 15) is 0 Å². The van der Waals surface area contributed by atoms with Gasteiger partial charge in [0.1, 0.15) is 5.82 Å². The Kier molecular flexibility index (Phi) is 3.92. The number of aromatic nitrogens is 2.